The number of ketones is 4. The first kappa shape index (κ1) is 34.7. The highest BCUT2D eigenvalue weighted by Gasteiger charge is 2.66. The molecule has 1 amide bonds. The molecule has 0 spiro atoms. The Morgan fingerprint density at radius 2 is 1.72 bits per heavy atom. The van der Waals surface area contributed by atoms with E-state index in [2.05, 4.69) is 5.32 Å². The van der Waals surface area contributed by atoms with E-state index in [4.69, 9.17) is 15.2 Å². The van der Waals surface area contributed by atoms with Crippen molar-refractivity contribution in [3.63, 3.8) is 0 Å². The van der Waals surface area contributed by atoms with E-state index < -0.39 is 70.8 Å². The van der Waals surface area contributed by atoms with E-state index in [0.717, 1.165) is 11.1 Å². The van der Waals surface area contributed by atoms with Crippen molar-refractivity contribution in [2.24, 2.45) is 29.4 Å². The molecule has 2 saturated carbocycles. The van der Waals surface area contributed by atoms with Crippen molar-refractivity contribution in [1.82, 2.24) is 5.32 Å². The van der Waals surface area contributed by atoms with Gasteiger partial charge in [0, 0.05) is 24.4 Å². The summed E-state index contributed by atoms with van der Waals surface area (Å²) in [7, 11) is 1.50. The summed E-state index contributed by atoms with van der Waals surface area (Å²) in [6.45, 7) is 2.26. The molecule has 5 N–H and O–H groups in total. The van der Waals surface area contributed by atoms with Crippen LogP contribution in [-0.2, 0) is 48.1 Å². The number of fused-ring (bicyclic) bond motifs is 3. The van der Waals surface area contributed by atoms with Crippen LogP contribution in [0.3, 0.4) is 0 Å². The number of Topliss-reactive ketones (excluding diaryl/α,β-unsaturated/α-hetero) is 4. The van der Waals surface area contributed by atoms with E-state index in [0.29, 0.717) is 28.9 Å². The zero-order valence-corrected chi connectivity index (χ0v) is 27.6. The molecule has 2 fully saturated rings. The number of hydrogen-bond acceptors (Lipinski definition) is 11. The second-order valence-corrected chi connectivity index (χ2v) is 13.1. The van der Waals surface area contributed by atoms with Crippen LogP contribution in [0, 0.1) is 23.7 Å². The summed E-state index contributed by atoms with van der Waals surface area (Å²) >= 11 is 0. The third kappa shape index (κ3) is 5.88. The Morgan fingerprint density at radius 3 is 2.40 bits per heavy atom. The fraction of sp³-hybridized carbons (Fsp3) is 0.368. The van der Waals surface area contributed by atoms with Gasteiger partial charge >= 0.3 is 5.97 Å². The lowest BCUT2D eigenvalue weighted by molar-refractivity contribution is -0.175. The van der Waals surface area contributed by atoms with Crippen LogP contribution < -0.4 is 15.8 Å². The number of esters is 1. The average Bonchev–Trinajstić information content (AvgIpc) is 3.08. The molecule has 12 nitrogen and oxygen atoms in total. The van der Waals surface area contributed by atoms with Gasteiger partial charge in [0.15, 0.2) is 34.7 Å². The minimum absolute atomic E-state index is 0.0199. The van der Waals surface area contributed by atoms with Crippen molar-refractivity contribution in [2.75, 3.05) is 13.7 Å². The van der Waals surface area contributed by atoms with Gasteiger partial charge < -0.3 is 30.7 Å². The number of phenolic OH excluding ortho intramolecular Hbond substituents is 1. The summed E-state index contributed by atoms with van der Waals surface area (Å²) in [5.74, 6) is -10.7. The maximum Gasteiger partial charge on any atom is 0.323 e. The highest BCUT2D eigenvalue weighted by Crippen LogP contribution is 2.51. The molecule has 3 unspecified atom stereocenters. The number of carbonyl (C=O) groups excluding carboxylic acids is 6. The number of amides is 1. The number of ether oxygens (including phenoxy) is 2. The number of aliphatic hydroxyl groups is 1. The summed E-state index contributed by atoms with van der Waals surface area (Å²) in [5, 5.41) is 25.7. The molecule has 6 atom stereocenters. The fourth-order valence-electron chi connectivity index (χ4n) is 7.87. The first-order chi connectivity index (χ1) is 23.9. The Morgan fingerprint density at radius 1 is 0.980 bits per heavy atom. The van der Waals surface area contributed by atoms with E-state index in [1.807, 2.05) is 42.5 Å². The fourth-order valence-corrected chi connectivity index (χ4v) is 7.87. The molecule has 0 aliphatic heterocycles. The van der Waals surface area contributed by atoms with Crippen molar-refractivity contribution in [2.45, 2.75) is 50.8 Å². The zero-order valence-electron chi connectivity index (χ0n) is 27.6. The zero-order chi connectivity index (χ0) is 35.9. The van der Waals surface area contributed by atoms with Gasteiger partial charge in [-0.1, -0.05) is 42.5 Å². The smallest absolute Gasteiger partial charge is 0.323 e. The molecular weight excluding hydrogens is 644 g/mol. The summed E-state index contributed by atoms with van der Waals surface area (Å²) in [6, 6.07) is 17.4. The Kier molecular flexibility index (Phi) is 9.43. The molecule has 0 aromatic heterocycles. The van der Waals surface area contributed by atoms with Crippen LogP contribution in [0.2, 0.25) is 0 Å². The van der Waals surface area contributed by atoms with Crippen LogP contribution in [0.4, 0.5) is 0 Å². The summed E-state index contributed by atoms with van der Waals surface area (Å²) in [4.78, 5) is 78.7. The van der Waals surface area contributed by atoms with Gasteiger partial charge in [0.1, 0.15) is 17.5 Å². The number of nitrogens with one attached hydrogen (secondary N) is 1. The summed E-state index contributed by atoms with van der Waals surface area (Å²) in [6.07, 6.45) is 0.0870. The molecule has 0 saturated heterocycles. The lowest BCUT2D eigenvalue weighted by atomic mass is 9.53. The van der Waals surface area contributed by atoms with Crippen LogP contribution in [0.15, 0.2) is 60.7 Å². The van der Waals surface area contributed by atoms with E-state index in [9.17, 15) is 39.0 Å². The molecule has 3 aromatic carbocycles. The molecule has 12 heteroatoms. The van der Waals surface area contributed by atoms with Crippen molar-refractivity contribution in [1.29, 1.82) is 0 Å². The second kappa shape index (κ2) is 13.6. The van der Waals surface area contributed by atoms with Gasteiger partial charge in [0.2, 0.25) is 5.91 Å². The first-order valence-electron chi connectivity index (χ1n) is 16.5. The van der Waals surface area contributed by atoms with Gasteiger partial charge in [0.25, 0.3) is 0 Å². The first-order valence-corrected chi connectivity index (χ1v) is 16.5. The highest BCUT2D eigenvalue weighted by atomic mass is 16.5. The molecule has 0 bridgehead atoms. The van der Waals surface area contributed by atoms with Crippen LogP contribution in [0.5, 0.6) is 11.5 Å². The van der Waals surface area contributed by atoms with Crippen molar-refractivity contribution >= 4 is 35.0 Å². The predicted molar refractivity (Wildman–Crippen MR) is 178 cm³/mol. The van der Waals surface area contributed by atoms with Crippen LogP contribution in [0.25, 0.3) is 11.1 Å². The maximum absolute atomic E-state index is 14.1. The van der Waals surface area contributed by atoms with Crippen molar-refractivity contribution in [3.05, 3.63) is 82.9 Å². The Balaban J connectivity index is 1.34. The van der Waals surface area contributed by atoms with Gasteiger partial charge in [-0.05, 0) is 72.6 Å². The predicted octanol–water partition coefficient (Wildman–Crippen LogP) is 2.27. The highest BCUT2D eigenvalue weighted by molar-refractivity contribution is 6.31. The molecule has 260 valence electrons. The number of nitrogens with two attached hydrogens (primary N) is 1. The number of hydrogen-bond donors (Lipinski definition) is 4. The van der Waals surface area contributed by atoms with Crippen molar-refractivity contribution in [3.8, 4) is 22.6 Å². The van der Waals surface area contributed by atoms with Crippen molar-refractivity contribution < 1.29 is 48.5 Å². The van der Waals surface area contributed by atoms with Crippen LogP contribution >= 0.6 is 0 Å². The second-order valence-electron chi connectivity index (χ2n) is 13.1. The number of benzene rings is 3. The molecular formula is C38H38N2O10. The van der Waals surface area contributed by atoms with E-state index in [1.165, 1.54) is 13.2 Å². The van der Waals surface area contributed by atoms with Crippen LogP contribution in [-0.4, -0.2) is 70.6 Å². The van der Waals surface area contributed by atoms with Gasteiger partial charge in [0.05, 0.1) is 25.2 Å². The lowest BCUT2D eigenvalue weighted by Gasteiger charge is -2.48. The number of primary amides is 1. The summed E-state index contributed by atoms with van der Waals surface area (Å²) in [5.41, 5.74) is 5.80. The monoisotopic (exact) mass is 682 g/mol. The lowest BCUT2D eigenvalue weighted by Crippen LogP contribution is -2.68. The number of methoxy groups -OCH3 is 1. The minimum Gasteiger partial charge on any atom is -0.507 e. The average molecular weight is 683 g/mol. The molecule has 6 rings (SSSR count). The quantitative estimate of drug-likeness (QED) is 0.181. The topological polar surface area (TPSA) is 199 Å². The number of carbonyl (C=O) groups is 6. The van der Waals surface area contributed by atoms with Crippen LogP contribution in [0.1, 0.15) is 46.8 Å². The SMILES string of the molecule is CCOC(=O)C(Cc1ccccc1)NCc1ccc(OC)c(-c2ccc(O)c3c2C[C@H]2C[C@H]4CC(=O)C(C(N)=O)C(=O)[C@@]4(O)C(=O)C2C3=O)c1. The molecule has 3 aliphatic rings. The summed E-state index contributed by atoms with van der Waals surface area (Å²) < 4.78 is 11.0. The Bertz CT molecular complexity index is 1910. The van der Waals surface area contributed by atoms with Gasteiger partial charge in [-0.25, -0.2) is 0 Å². The molecule has 50 heavy (non-hydrogen) atoms. The normalized spacial score (nSPS) is 24.9. The number of aromatic hydroxyl groups is 1. The van der Waals surface area contributed by atoms with Gasteiger partial charge in [-0.3, -0.25) is 28.8 Å². The molecule has 0 heterocycles. The molecule has 3 aromatic rings. The number of rotatable bonds is 10. The Labute approximate surface area is 288 Å². The largest absolute Gasteiger partial charge is 0.507 e. The third-order valence-electron chi connectivity index (χ3n) is 10.2. The third-order valence-corrected chi connectivity index (χ3v) is 10.2. The minimum atomic E-state index is -2.72. The molecule has 3 aliphatic carbocycles. The number of phenols is 1. The van der Waals surface area contributed by atoms with Gasteiger partial charge in [-0.2, -0.15) is 0 Å². The Hall–Kier alpha value is -5.20. The van der Waals surface area contributed by atoms with E-state index in [1.54, 1.807) is 19.1 Å². The standard InChI is InChI=1S/C38H38N2O10/c1-3-50-37(47)26(14-19-7-5-4-6-8-19)40-18-20-9-12-29(49-2)24(13-20)23-10-11-27(41)31-25(23)16-21-15-22-17-28(42)32(36(39)46)35(45)38(22,48)34(44)30(21)33(31)43/h4-13,21-22,26,30,32,40-41,48H,3,14-18H2,1-2H3,(H2,39,46)/t21-,22+,26?,30?,32?,38+/m1/s1. The van der Waals surface area contributed by atoms with Gasteiger partial charge in [-0.15, -0.1) is 0 Å². The maximum atomic E-state index is 14.1. The van der Waals surface area contributed by atoms with E-state index in [-0.39, 0.29) is 43.3 Å². The van der Waals surface area contributed by atoms with E-state index >= 15 is 0 Å². The molecule has 0 radical (unpaired) electrons.